The first-order valence-corrected chi connectivity index (χ1v) is 9.94. The van der Waals surface area contributed by atoms with E-state index >= 15 is 0 Å². The summed E-state index contributed by atoms with van der Waals surface area (Å²) >= 11 is 0. The summed E-state index contributed by atoms with van der Waals surface area (Å²) in [5.74, 6) is 0. The van der Waals surface area contributed by atoms with Crippen LogP contribution in [-0.4, -0.2) is 4.57 Å². The van der Waals surface area contributed by atoms with Gasteiger partial charge in [0.2, 0.25) is 0 Å². The molecule has 0 aliphatic heterocycles. The van der Waals surface area contributed by atoms with Gasteiger partial charge in [-0.05, 0) is 55.2 Å². The van der Waals surface area contributed by atoms with E-state index in [0.717, 1.165) is 43.1 Å². The average molecular weight is 387 g/mol. The van der Waals surface area contributed by atoms with Crippen molar-refractivity contribution in [2.24, 2.45) is 7.05 Å². The summed E-state index contributed by atoms with van der Waals surface area (Å²) in [6, 6.07) is 28.8. The Bertz CT molecular complexity index is 1660. The molecule has 3 nitrogen and oxygen atoms in total. The Labute approximate surface area is 171 Å². The van der Waals surface area contributed by atoms with Crippen molar-refractivity contribution in [2.75, 3.05) is 0 Å². The third-order valence-corrected chi connectivity index (χ3v) is 6.17. The minimum atomic E-state index is -0.244. The van der Waals surface area contributed by atoms with Crippen molar-refractivity contribution < 1.29 is 0 Å². The fourth-order valence-corrected chi connectivity index (χ4v) is 4.71. The lowest BCUT2D eigenvalue weighted by Crippen LogP contribution is -2.20. The number of rotatable bonds is 0. The molecule has 0 spiro atoms. The summed E-state index contributed by atoms with van der Waals surface area (Å²) in [4.78, 5) is 25.4. The topological polar surface area (TPSA) is 39.1 Å². The normalized spacial score (nSPS) is 11.8. The maximum Gasteiger partial charge on any atom is 0.261 e. The predicted octanol–water partition coefficient (Wildman–Crippen LogP) is 5.51. The first-order valence-electron chi connectivity index (χ1n) is 9.94. The van der Waals surface area contributed by atoms with E-state index in [-0.39, 0.29) is 11.1 Å². The van der Waals surface area contributed by atoms with Crippen molar-refractivity contribution in [1.82, 2.24) is 4.57 Å². The van der Waals surface area contributed by atoms with Gasteiger partial charge in [-0.3, -0.25) is 14.2 Å². The van der Waals surface area contributed by atoms with Crippen molar-refractivity contribution in [3.8, 4) is 0 Å². The highest BCUT2D eigenvalue weighted by molar-refractivity contribution is 6.27. The van der Waals surface area contributed by atoms with Crippen LogP contribution in [0.25, 0.3) is 53.9 Å². The molecule has 5 aromatic carbocycles. The van der Waals surface area contributed by atoms with Crippen LogP contribution in [-0.2, 0) is 7.05 Å². The van der Waals surface area contributed by atoms with E-state index < -0.39 is 0 Å². The predicted molar refractivity (Wildman–Crippen MR) is 125 cm³/mol. The minimum absolute atomic E-state index is 0.244. The summed E-state index contributed by atoms with van der Waals surface area (Å²) in [5.41, 5.74) is -0.489. The highest BCUT2D eigenvalue weighted by Gasteiger charge is 2.14. The average Bonchev–Trinajstić information content (AvgIpc) is 3.01. The minimum Gasteiger partial charge on any atom is -0.277 e. The number of benzene rings is 4. The van der Waals surface area contributed by atoms with Crippen molar-refractivity contribution >= 4 is 53.9 Å². The number of hydrogen-bond donors (Lipinski definition) is 0. The highest BCUT2D eigenvalue weighted by atomic mass is 16.2. The van der Waals surface area contributed by atoms with E-state index in [9.17, 15) is 9.59 Å². The van der Waals surface area contributed by atoms with Crippen LogP contribution >= 0.6 is 0 Å². The molecule has 6 rings (SSSR count). The summed E-state index contributed by atoms with van der Waals surface area (Å²) in [7, 11) is 1.54. The lowest BCUT2D eigenvalue weighted by molar-refractivity contribution is 0.856. The molecule has 0 N–H and O–H groups in total. The second-order valence-corrected chi connectivity index (χ2v) is 7.75. The Balaban J connectivity index is 2.10. The second-order valence-electron chi connectivity index (χ2n) is 7.75. The Morgan fingerprint density at radius 3 is 1.00 bits per heavy atom. The van der Waals surface area contributed by atoms with Gasteiger partial charge in [0, 0.05) is 7.05 Å². The Morgan fingerprint density at radius 1 is 0.433 bits per heavy atom. The standard InChI is InChI=1S/C27H17NO2/c1-28-26(29)24-14-22-20-12-6-4-10-18(20)16-8-2-3-9-17(16)19-11-5-7-13-21(19)23(22)15-25(24)27(28)30/h2-15H,1H3. The van der Waals surface area contributed by atoms with Gasteiger partial charge in [0.15, 0.2) is 0 Å². The van der Waals surface area contributed by atoms with Gasteiger partial charge in [-0.1, -0.05) is 72.8 Å². The molecule has 3 heteroatoms. The zero-order valence-corrected chi connectivity index (χ0v) is 16.3. The third kappa shape index (κ3) is 2.15. The van der Waals surface area contributed by atoms with E-state index in [1.165, 1.54) is 4.57 Å². The van der Waals surface area contributed by atoms with Crippen molar-refractivity contribution in [2.45, 2.75) is 0 Å². The molecule has 0 radical (unpaired) electrons. The monoisotopic (exact) mass is 387 g/mol. The largest absolute Gasteiger partial charge is 0.277 e. The Morgan fingerprint density at radius 2 is 0.700 bits per heavy atom. The molecule has 6 aromatic rings. The lowest BCUT2D eigenvalue weighted by atomic mass is 9.93. The van der Waals surface area contributed by atoms with Crippen molar-refractivity contribution in [3.05, 3.63) is 106 Å². The van der Waals surface area contributed by atoms with E-state index in [4.69, 9.17) is 0 Å². The molecule has 0 saturated heterocycles. The molecule has 0 fully saturated rings. The summed E-state index contributed by atoms with van der Waals surface area (Å²) in [6.45, 7) is 0. The molecule has 1 heterocycles. The fourth-order valence-electron chi connectivity index (χ4n) is 4.71. The van der Waals surface area contributed by atoms with Crippen LogP contribution in [0.4, 0.5) is 0 Å². The molecule has 142 valence electrons. The van der Waals surface area contributed by atoms with Crippen molar-refractivity contribution in [3.63, 3.8) is 0 Å². The zero-order chi connectivity index (χ0) is 20.4. The molecule has 30 heavy (non-hydrogen) atoms. The lowest BCUT2D eigenvalue weighted by Gasteiger charge is -2.09. The van der Waals surface area contributed by atoms with Gasteiger partial charge in [-0.25, -0.2) is 0 Å². The van der Waals surface area contributed by atoms with Crippen LogP contribution in [0.15, 0.2) is 94.5 Å². The smallest absolute Gasteiger partial charge is 0.261 e. The van der Waals surface area contributed by atoms with E-state index in [0.29, 0.717) is 10.8 Å². The number of nitrogens with zero attached hydrogens (tertiary/aromatic N) is 1. The van der Waals surface area contributed by atoms with Crippen LogP contribution in [0.1, 0.15) is 0 Å². The number of aromatic nitrogens is 1. The van der Waals surface area contributed by atoms with Gasteiger partial charge >= 0.3 is 0 Å². The van der Waals surface area contributed by atoms with Crippen LogP contribution in [0.5, 0.6) is 0 Å². The maximum atomic E-state index is 12.7. The first kappa shape index (κ1) is 16.9. The molecule has 0 aliphatic carbocycles. The molecule has 0 saturated carbocycles. The molecule has 0 aliphatic rings. The van der Waals surface area contributed by atoms with Gasteiger partial charge in [0.25, 0.3) is 11.1 Å². The third-order valence-electron chi connectivity index (χ3n) is 6.17. The number of fused-ring (bicyclic) bond motifs is 9. The van der Waals surface area contributed by atoms with Gasteiger partial charge in [-0.2, -0.15) is 0 Å². The Kier molecular flexibility index (Phi) is 3.39. The van der Waals surface area contributed by atoms with Gasteiger partial charge in [-0.15, -0.1) is 0 Å². The molecule has 0 bridgehead atoms. The van der Waals surface area contributed by atoms with Gasteiger partial charge in [0.05, 0.1) is 10.8 Å². The van der Waals surface area contributed by atoms with E-state index in [1.54, 1.807) is 7.05 Å². The van der Waals surface area contributed by atoms with Crippen LogP contribution in [0, 0.1) is 0 Å². The van der Waals surface area contributed by atoms with Gasteiger partial charge < -0.3 is 0 Å². The van der Waals surface area contributed by atoms with E-state index in [2.05, 4.69) is 48.5 Å². The molecule has 1 aromatic heterocycles. The molecular formula is C27H17NO2. The maximum absolute atomic E-state index is 12.7. The zero-order valence-electron chi connectivity index (χ0n) is 16.3. The van der Waals surface area contributed by atoms with Crippen LogP contribution in [0.2, 0.25) is 0 Å². The summed E-state index contributed by atoms with van der Waals surface area (Å²) in [5, 5.41) is 9.58. The van der Waals surface area contributed by atoms with Crippen LogP contribution < -0.4 is 11.1 Å². The molecule has 0 amide bonds. The molecular weight excluding hydrogens is 370 g/mol. The molecule has 0 atom stereocenters. The molecule has 0 unspecified atom stereocenters. The van der Waals surface area contributed by atoms with Crippen molar-refractivity contribution in [1.29, 1.82) is 0 Å². The SMILES string of the molecule is Cn1c(=O)c2cc3c4ccccc4c4ccccc4c4ccccc4c3cc2c1=O. The summed E-state index contributed by atoms with van der Waals surface area (Å²) < 4.78 is 1.20. The quantitative estimate of drug-likeness (QED) is 0.345. The number of hydrogen-bond acceptors (Lipinski definition) is 2. The highest BCUT2D eigenvalue weighted by Crippen LogP contribution is 2.36. The van der Waals surface area contributed by atoms with Crippen LogP contribution in [0.3, 0.4) is 0 Å². The van der Waals surface area contributed by atoms with Gasteiger partial charge in [0.1, 0.15) is 0 Å². The second kappa shape index (κ2) is 6.01. The summed E-state index contributed by atoms with van der Waals surface area (Å²) in [6.07, 6.45) is 0. The first-order chi connectivity index (χ1) is 14.6. The van der Waals surface area contributed by atoms with E-state index in [1.807, 2.05) is 36.4 Å². The Hall–Kier alpha value is -3.98. The fraction of sp³-hybridized carbons (Fsp3) is 0.0370.